The molecule has 29 heavy (non-hydrogen) atoms. The summed E-state index contributed by atoms with van der Waals surface area (Å²) in [5.74, 6) is -1.24. The van der Waals surface area contributed by atoms with Crippen LogP contribution in [0.2, 0.25) is 5.02 Å². The molecule has 2 amide bonds. The van der Waals surface area contributed by atoms with Crippen LogP contribution in [0.3, 0.4) is 0 Å². The Morgan fingerprint density at radius 1 is 1.24 bits per heavy atom. The van der Waals surface area contributed by atoms with Crippen molar-refractivity contribution in [1.29, 1.82) is 0 Å². The van der Waals surface area contributed by atoms with Gasteiger partial charge >= 0.3 is 5.97 Å². The van der Waals surface area contributed by atoms with Crippen LogP contribution in [0.5, 0.6) is 5.75 Å². The van der Waals surface area contributed by atoms with Crippen molar-refractivity contribution < 1.29 is 23.9 Å². The van der Waals surface area contributed by atoms with E-state index in [4.69, 9.17) is 21.1 Å². The number of nitrogens with zero attached hydrogens (tertiary/aromatic N) is 1. The SMILES string of the molecule is COc1ccc(N2C[C@@H](C(=O)OCC(=O)Nc3ccc(Br)cc3Cl)CC2=O)cc1. The molecule has 0 spiro atoms. The van der Waals surface area contributed by atoms with E-state index < -0.39 is 24.4 Å². The first-order valence-corrected chi connectivity index (χ1v) is 9.90. The van der Waals surface area contributed by atoms with Crippen molar-refractivity contribution in [3.63, 3.8) is 0 Å². The molecule has 1 aliphatic rings. The third kappa shape index (κ3) is 5.27. The van der Waals surface area contributed by atoms with Gasteiger partial charge in [-0.2, -0.15) is 0 Å². The number of benzene rings is 2. The number of nitrogens with one attached hydrogen (secondary N) is 1. The Balaban J connectivity index is 1.52. The van der Waals surface area contributed by atoms with Gasteiger partial charge in [-0.15, -0.1) is 0 Å². The molecule has 2 aromatic carbocycles. The lowest BCUT2D eigenvalue weighted by atomic mass is 10.1. The molecular formula is C20H18BrClN2O5. The Bertz CT molecular complexity index is 935. The van der Waals surface area contributed by atoms with Crippen LogP contribution >= 0.6 is 27.5 Å². The van der Waals surface area contributed by atoms with Gasteiger partial charge in [-0.3, -0.25) is 14.4 Å². The second kappa shape index (κ2) is 9.28. The Kier molecular flexibility index (Phi) is 6.76. The highest BCUT2D eigenvalue weighted by atomic mass is 79.9. The molecule has 0 bridgehead atoms. The Hall–Kier alpha value is -2.58. The molecule has 3 rings (SSSR count). The minimum absolute atomic E-state index is 0.0328. The summed E-state index contributed by atoms with van der Waals surface area (Å²) in [6.45, 7) is -0.261. The zero-order valence-corrected chi connectivity index (χ0v) is 17.8. The normalized spacial score (nSPS) is 15.9. The highest BCUT2D eigenvalue weighted by molar-refractivity contribution is 9.10. The molecule has 0 aromatic heterocycles. The van der Waals surface area contributed by atoms with Gasteiger partial charge in [-0.25, -0.2) is 0 Å². The van der Waals surface area contributed by atoms with Gasteiger partial charge in [0.1, 0.15) is 5.75 Å². The Morgan fingerprint density at radius 3 is 2.62 bits per heavy atom. The molecule has 1 atom stereocenters. The molecule has 1 aliphatic heterocycles. The number of carbonyl (C=O) groups excluding carboxylic acids is 3. The molecule has 7 nitrogen and oxygen atoms in total. The van der Waals surface area contributed by atoms with Crippen LogP contribution in [0.25, 0.3) is 0 Å². The first-order chi connectivity index (χ1) is 13.9. The number of anilines is 2. The van der Waals surface area contributed by atoms with Crippen molar-refractivity contribution in [3.05, 3.63) is 52.0 Å². The number of hydrogen-bond acceptors (Lipinski definition) is 5. The average Bonchev–Trinajstić information content (AvgIpc) is 3.10. The standard InChI is InChI=1S/C20H18BrClN2O5/c1-28-15-5-3-14(4-6-15)24-10-12(8-19(24)26)20(27)29-11-18(25)23-17-7-2-13(21)9-16(17)22/h2-7,9,12H,8,10-11H2,1H3,(H,23,25)/t12-/m0/s1. The lowest BCUT2D eigenvalue weighted by Gasteiger charge is -2.17. The van der Waals surface area contributed by atoms with E-state index in [1.54, 1.807) is 49.6 Å². The number of hydrogen-bond donors (Lipinski definition) is 1. The second-order valence-electron chi connectivity index (χ2n) is 6.38. The maximum absolute atomic E-state index is 12.3. The monoisotopic (exact) mass is 480 g/mol. The maximum atomic E-state index is 12.3. The van der Waals surface area contributed by atoms with Crippen molar-refractivity contribution in [2.45, 2.75) is 6.42 Å². The first-order valence-electron chi connectivity index (χ1n) is 8.73. The lowest BCUT2D eigenvalue weighted by Crippen LogP contribution is -2.28. The quantitative estimate of drug-likeness (QED) is 0.637. The van der Waals surface area contributed by atoms with Gasteiger partial charge in [-0.05, 0) is 42.5 Å². The van der Waals surface area contributed by atoms with E-state index in [1.165, 1.54) is 4.90 Å². The maximum Gasteiger partial charge on any atom is 0.311 e. The van der Waals surface area contributed by atoms with Crippen molar-refractivity contribution in [2.75, 3.05) is 30.5 Å². The van der Waals surface area contributed by atoms with Crippen LogP contribution in [-0.4, -0.2) is 38.0 Å². The molecule has 0 saturated carbocycles. The minimum atomic E-state index is -0.631. The molecule has 2 aromatic rings. The fraction of sp³-hybridized carbons (Fsp3) is 0.250. The van der Waals surface area contributed by atoms with Gasteiger partial charge < -0.3 is 19.7 Å². The number of ether oxygens (including phenoxy) is 2. The number of methoxy groups -OCH3 is 1. The lowest BCUT2D eigenvalue weighted by molar-refractivity contribution is -0.151. The van der Waals surface area contributed by atoms with Crippen molar-refractivity contribution in [3.8, 4) is 5.75 Å². The van der Waals surface area contributed by atoms with Crippen molar-refractivity contribution in [2.24, 2.45) is 5.92 Å². The summed E-state index contributed by atoms with van der Waals surface area (Å²) in [7, 11) is 1.56. The van der Waals surface area contributed by atoms with Gasteiger partial charge in [0.25, 0.3) is 5.91 Å². The molecule has 152 valence electrons. The van der Waals surface area contributed by atoms with Gasteiger partial charge in [0.05, 0.1) is 23.7 Å². The molecule has 0 aliphatic carbocycles. The third-order valence-electron chi connectivity index (χ3n) is 4.39. The van der Waals surface area contributed by atoms with E-state index in [0.29, 0.717) is 22.1 Å². The van der Waals surface area contributed by atoms with Gasteiger partial charge in [0, 0.05) is 23.1 Å². The van der Waals surface area contributed by atoms with Gasteiger partial charge in [0.15, 0.2) is 6.61 Å². The fourth-order valence-corrected chi connectivity index (χ4v) is 3.63. The zero-order chi connectivity index (χ0) is 21.0. The summed E-state index contributed by atoms with van der Waals surface area (Å²) in [4.78, 5) is 38.1. The van der Waals surface area contributed by atoms with Crippen LogP contribution in [0.1, 0.15) is 6.42 Å². The highest BCUT2D eigenvalue weighted by Crippen LogP contribution is 2.28. The van der Waals surface area contributed by atoms with E-state index in [2.05, 4.69) is 21.2 Å². The molecule has 1 fully saturated rings. The van der Waals surface area contributed by atoms with E-state index in [-0.39, 0.29) is 18.9 Å². The van der Waals surface area contributed by atoms with E-state index in [0.717, 1.165) is 4.47 Å². The van der Waals surface area contributed by atoms with Crippen LogP contribution in [0.15, 0.2) is 46.9 Å². The predicted molar refractivity (Wildman–Crippen MR) is 112 cm³/mol. The summed E-state index contributed by atoms with van der Waals surface area (Å²) < 4.78 is 11.0. The van der Waals surface area contributed by atoms with Crippen LogP contribution < -0.4 is 15.0 Å². The smallest absolute Gasteiger partial charge is 0.311 e. The Morgan fingerprint density at radius 2 is 1.97 bits per heavy atom. The van der Waals surface area contributed by atoms with Crippen LogP contribution in [-0.2, 0) is 19.1 Å². The number of esters is 1. The number of carbonyl (C=O) groups is 3. The largest absolute Gasteiger partial charge is 0.497 e. The average molecular weight is 482 g/mol. The molecule has 0 unspecified atom stereocenters. The molecule has 9 heteroatoms. The highest BCUT2D eigenvalue weighted by Gasteiger charge is 2.36. The van der Waals surface area contributed by atoms with E-state index in [9.17, 15) is 14.4 Å². The second-order valence-corrected chi connectivity index (χ2v) is 7.71. The van der Waals surface area contributed by atoms with Crippen molar-refractivity contribution in [1.82, 2.24) is 0 Å². The summed E-state index contributed by atoms with van der Waals surface area (Å²) >= 11 is 9.33. The topological polar surface area (TPSA) is 84.9 Å². The van der Waals surface area contributed by atoms with Crippen LogP contribution in [0, 0.1) is 5.92 Å². The van der Waals surface area contributed by atoms with E-state index >= 15 is 0 Å². The molecule has 1 N–H and O–H groups in total. The number of halogens is 2. The summed E-state index contributed by atoms with van der Waals surface area (Å²) in [6.07, 6.45) is 0.0328. The van der Waals surface area contributed by atoms with Crippen molar-refractivity contribution >= 4 is 56.7 Å². The molecular weight excluding hydrogens is 464 g/mol. The molecule has 0 radical (unpaired) electrons. The van der Waals surface area contributed by atoms with Crippen LogP contribution in [0.4, 0.5) is 11.4 Å². The van der Waals surface area contributed by atoms with E-state index in [1.807, 2.05) is 0 Å². The molecule has 1 heterocycles. The summed E-state index contributed by atoms with van der Waals surface area (Å²) in [5.41, 5.74) is 1.09. The third-order valence-corrected chi connectivity index (χ3v) is 5.20. The number of amides is 2. The Labute approximate surface area is 181 Å². The predicted octanol–water partition coefficient (Wildman–Crippen LogP) is 3.65. The molecule has 1 saturated heterocycles. The minimum Gasteiger partial charge on any atom is -0.497 e. The van der Waals surface area contributed by atoms with Gasteiger partial charge in [-0.1, -0.05) is 27.5 Å². The summed E-state index contributed by atoms with van der Waals surface area (Å²) in [6, 6.07) is 12.0. The fourth-order valence-electron chi connectivity index (χ4n) is 2.91. The zero-order valence-electron chi connectivity index (χ0n) is 15.5. The first kappa shape index (κ1) is 21.1. The van der Waals surface area contributed by atoms with Gasteiger partial charge in [0.2, 0.25) is 5.91 Å². The number of rotatable bonds is 6. The summed E-state index contributed by atoms with van der Waals surface area (Å²) in [5, 5.41) is 2.94.